The molecule has 0 saturated carbocycles. The van der Waals surface area contributed by atoms with E-state index in [1.807, 2.05) is 12.1 Å². The first-order valence-corrected chi connectivity index (χ1v) is 7.09. The molecule has 1 unspecified atom stereocenters. The summed E-state index contributed by atoms with van der Waals surface area (Å²) in [5, 5.41) is 0. The maximum absolute atomic E-state index is 12.8. The number of hydrogen-bond acceptors (Lipinski definition) is 3. The number of halogens is 1. The molecule has 1 atom stereocenters. The maximum atomic E-state index is 12.8. The summed E-state index contributed by atoms with van der Waals surface area (Å²) < 4.78 is 12.8. The van der Waals surface area contributed by atoms with Crippen LogP contribution in [0.5, 0.6) is 0 Å². The molecule has 4 heteroatoms. The number of nitrogens with two attached hydrogens (primary N) is 1. The zero-order chi connectivity index (χ0) is 13.7. The lowest BCUT2D eigenvalue weighted by Crippen LogP contribution is -2.30. The molecule has 0 aliphatic carbocycles. The number of aryl methyl sites for hydroxylation is 1. The largest absolute Gasteiger partial charge is 0.271 e. The summed E-state index contributed by atoms with van der Waals surface area (Å²) in [7, 11) is 0. The Hall–Kier alpha value is -1.36. The first-order valence-electron chi connectivity index (χ1n) is 6.10. The standard InChI is InChI=1S/C15H17FN2S/c1-11-4-2-3-5-14(11)15(18-17)10-19-13-8-6-12(16)7-9-13/h2-9,15,18H,10,17H2,1H3. The Labute approximate surface area is 117 Å². The summed E-state index contributed by atoms with van der Waals surface area (Å²) in [6, 6.07) is 14.8. The minimum atomic E-state index is -0.211. The third kappa shape index (κ3) is 3.80. The number of hydrogen-bond donors (Lipinski definition) is 2. The molecule has 0 bridgehead atoms. The average Bonchev–Trinajstić information content (AvgIpc) is 2.43. The van der Waals surface area contributed by atoms with Gasteiger partial charge in [0.2, 0.25) is 0 Å². The summed E-state index contributed by atoms with van der Waals surface area (Å²) >= 11 is 1.66. The van der Waals surface area contributed by atoms with Crippen molar-refractivity contribution < 1.29 is 4.39 Å². The van der Waals surface area contributed by atoms with Crippen molar-refractivity contribution >= 4 is 11.8 Å². The molecule has 0 aliphatic heterocycles. The lowest BCUT2D eigenvalue weighted by molar-refractivity contribution is 0.607. The monoisotopic (exact) mass is 276 g/mol. The normalized spacial score (nSPS) is 12.4. The van der Waals surface area contributed by atoms with Crippen LogP contribution in [0.25, 0.3) is 0 Å². The molecule has 19 heavy (non-hydrogen) atoms. The van der Waals surface area contributed by atoms with Gasteiger partial charge in [0.1, 0.15) is 5.82 Å². The van der Waals surface area contributed by atoms with Gasteiger partial charge in [0.15, 0.2) is 0 Å². The highest BCUT2D eigenvalue weighted by Crippen LogP contribution is 2.26. The second-order valence-electron chi connectivity index (χ2n) is 4.34. The van der Waals surface area contributed by atoms with E-state index < -0.39 is 0 Å². The molecule has 0 radical (unpaired) electrons. The van der Waals surface area contributed by atoms with Crippen LogP contribution in [0.15, 0.2) is 53.4 Å². The van der Waals surface area contributed by atoms with E-state index in [0.29, 0.717) is 0 Å². The Bertz CT molecular complexity index is 528. The van der Waals surface area contributed by atoms with Gasteiger partial charge in [0, 0.05) is 10.6 Å². The van der Waals surface area contributed by atoms with Crippen molar-refractivity contribution in [2.75, 3.05) is 5.75 Å². The lowest BCUT2D eigenvalue weighted by atomic mass is 10.0. The lowest BCUT2D eigenvalue weighted by Gasteiger charge is -2.18. The van der Waals surface area contributed by atoms with Crippen molar-refractivity contribution in [2.45, 2.75) is 17.9 Å². The minimum absolute atomic E-state index is 0.0799. The molecule has 0 fully saturated rings. The highest BCUT2D eigenvalue weighted by molar-refractivity contribution is 7.99. The molecule has 0 spiro atoms. The minimum Gasteiger partial charge on any atom is -0.271 e. The van der Waals surface area contributed by atoms with Gasteiger partial charge >= 0.3 is 0 Å². The van der Waals surface area contributed by atoms with Gasteiger partial charge in [-0.3, -0.25) is 11.3 Å². The predicted octanol–water partition coefficient (Wildman–Crippen LogP) is 3.43. The molecule has 2 nitrogen and oxygen atoms in total. The topological polar surface area (TPSA) is 38.0 Å². The Kier molecular flexibility index (Phi) is 4.96. The molecular formula is C15H17FN2S. The first-order chi connectivity index (χ1) is 9.20. The van der Waals surface area contributed by atoms with Crippen LogP contribution in [-0.2, 0) is 0 Å². The van der Waals surface area contributed by atoms with Crippen LogP contribution in [0.1, 0.15) is 17.2 Å². The molecule has 2 rings (SSSR count). The van der Waals surface area contributed by atoms with Gasteiger partial charge in [-0.15, -0.1) is 11.8 Å². The maximum Gasteiger partial charge on any atom is 0.123 e. The number of thioether (sulfide) groups is 1. The molecule has 2 aromatic carbocycles. The number of hydrazine groups is 1. The Morgan fingerprint density at radius 3 is 2.47 bits per heavy atom. The van der Waals surface area contributed by atoms with E-state index >= 15 is 0 Å². The fraction of sp³-hybridized carbons (Fsp3) is 0.200. The molecule has 3 N–H and O–H groups in total. The van der Waals surface area contributed by atoms with Gasteiger partial charge in [0.05, 0.1) is 6.04 Å². The highest BCUT2D eigenvalue weighted by Gasteiger charge is 2.12. The molecule has 100 valence electrons. The van der Waals surface area contributed by atoms with E-state index in [9.17, 15) is 4.39 Å². The molecule has 0 saturated heterocycles. The van der Waals surface area contributed by atoms with Crippen LogP contribution < -0.4 is 11.3 Å². The van der Waals surface area contributed by atoms with Crippen LogP contribution in [-0.4, -0.2) is 5.75 Å². The predicted molar refractivity (Wildman–Crippen MR) is 78.4 cm³/mol. The SMILES string of the molecule is Cc1ccccc1C(CSc1ccc(F)cc1)NN. The van der Waals surface area contributed by atoms with Crippen LogP contribution in [0, 0.1) is 12.7 Å². The zero-order valence-electron chi connectivity index (χ0n) is 10.8. The van der Waals surface area contributed by atoms with Crippen LogP contribution in [0.4, 0.5) is 4.39 Å². The summed E-state index contributed by atoms with van der Waals surface area (Å²) in [6.07, 6.45) is 0. The van der Waals surface area contributed by atoms with Crippen LogP contribution >= 0.6 is 11.8 Å². The molecule has 0 aromatic heterocycles. The zero-order valence-corrected chi connectivity index (χ0v) is 11.6. The van der Waals surface area contributed by atoms with Crippen LogP contribution in [0.2, 0.25) is 0 Å². The van der Waals surface area contributed by atoms with Gasteiger partial charge in [-0.25, -0.2) is 4.39 Å². The Balaban J connectivity index is 2.04. The first kappa shape index (κ1) is 14.1. The fourth-order valence-corrected chi connectivity index (χ4v) is 2.88. The van der Waals surface area contributed by atoms with E-state index in [4.69, 9.17) is 5.84 Å². The van der Waals surface area contributed by atoms with E-state index in [-0.39, 0.29) is 11.9 Å². The van der Waals surface area contributed by atoms with E-state index in [1.54, 1.807) is 23.9 Å². The number of nitrogens with one attached hydrogen (secondary N) is 1. The van der Waals surface area contributed by atoms with Gasteiger partial charge in [0.25, 0.3) is 0 Å². The molecule has 0 aliphatic rings. The van der Waals surface area contributed by atoms with Crippen molar-refractivity contribution in [3.63, 3.8) is 0 Å². The third-order valence-corrected chi connectivity index (χ3v) is 4.10. The fourth-order valence-electron chi connectivity index (χ4n) is 1.92. The van der Waals surface area contributed by atoms with Crippen molar-refractivity contribution in [2.24, 2.45) is 5.84 Å². The van der Waals surface area contributed by atoms with E-state index in [0.717, 1.165) is 10.6 Å². The van der Waals surface area contributed by atoms with Crippen molar-refractivity contribution in [3.8, 4) is 0 Å². The quantitative estimate of drug-likeness (QED) is 0.499. The molecule has 0 amide bonds. The Morgan fingerprint density at radius 1 is 1.16 bits per heavy atom. The number of benzene rings is 2. The summed E-state index contributed by atoms with van der Waals surface area (Å²) in [4.78, 5) is 1.04. The highest BCUT2D eigenvalue weighted by atomic mass is 32.2. The second kappa shape index (κ2) is 6.70. The van der Waals surface area contributed by atoms with Crippen molar-refractivity contribution in [1.82, 2.24) is 5.43 Å². The van der Waals surface area contributed by atoms with Gasteiger partial charge in [-0.05, 0) is 42.3 Å². The van der Waals surface area contributed by atoms with E-state index in [1.165, 1.54) is 23.3 Å². The van der Waals surface area contributed by atoms with Crippen molar-refractivity contribution in [1.29, 1.82) is 0 Å². The van der Waals surface area contributed by atoms with Gasteiger partial charge in [-0.2, -0.15) is 0 Å². The van der Waals surface area contributed by atoms with Gasteiger partial charge in [-0.1, -0.05) is 24.3 Å². The third-order valence-electron chi connectivity index (χ3n) is 3.00. The summed E-state index contributed by atoms with van der Waals surface area (Å²) in [6.45, 7) is 2.07. The van der Waals surface area contributed by atoms with Crippen LogP contribution in [0.3, 0.4) is 0 Å². The number of rotatable bonds is 5. The summed E-state index contributed by atoms with van der Waals surface area (Å²) in [5.74, 6) is 6.23. The van der Waals surface area contributed by atoms with E-state index in [2.05, 4.69) is 24.5 Å². The molecule has 0 heterocycles. The van der Waals surface area contributed by atoms with Gasteiger partial charge < -0.3 is 0 Å². The Morgan fingerprint density at radius 2 is 1.84 bits per heavy atom. The summed E-state index contributed by atoms with van der Waals surface area (Å²) in [5.41, 5.74) is 5.25. The average molecular weight is 276 g/mol. The second-order valence-corrected chi connectivity index (χ2v) is 5.43. The van der Waals surface area contributed by atoms with Crippen molar-refractivity contribution in [3.05, 3.63) is 65.5 Å². The molecular weight excluding hydrogens is 259 g/mol. The smallest absolute Gasteiger partial charge is 0.123 e. The molecule has 2 aromatic rings.